The molecule has 3 aromatic rings. The van der Waals surface area contributed by atoms with Crippen molar-refractivity contribution in [1.82, 2.24) is 15.0 Å². The summed E-state index contributed by atoms with van der Waals surface area (Å²) in [5, 5.41) is 27.2. The molecular weight excluding hydrogens is 380 g/mol. The number of hydrogen-bond donors (Lipinski definition) is 3. The molecule has 10 heteroatoms. The number of benzene rings is 1. The van der Waals surface area contributed by atoms with E-state index >= 15 is 0 Å². The molecule has 2 aromatic heterocycles. The van der Waals surface area contributed by atoms with E-state index in [2.05, 4.69) is 25.6 Å². The molecule has 0 aliphatic heterocycles. The average molecular weight is 398 g/mol. The van der Waals surface area contributed by atoms with Gasteiger partial charge in [0.15, 0.2) is 5.13 Å². The number of anilines is 3. The number of thiazole rings is 1. The van der Waals surface area contributed by atoms with Crippen LogP contribution in [-0.4, -0.2) is 37.6 Å². The SMILES string of the molecule is CC(CO)Nc1nc2c(s1)-c1nc(Nc3cccc([N+](=O)[O-])c3)ncc1CC2. The Labute approximate surface area is 164 Å². The smallest absolute Gasteiger partial charge is 0.271 e. The Hall–Kier alpha value is -3.11. The van der Waals surface area contributed by atoms with Crippen molar-refractivity contribution in [3.05, 3.63) is 51.8 Å². The molecule has 1 aliphatic carbocycles. The van der Waals surface area contributed by atoms with Crippen LogP contribution in [0.5, 0.6) is 0 Å². The molecular formula is C18H18N6O3S. The van der Waals surface area contributed by atoms with Gasteiger partial charge in [0.25, 0.3) is 5.69 Å². The maximum absolute atomic E-state index is 11.0. The lowest BCUT2D eigenvalue weighted by Gasteiger charge is -2.14. The predicted octanol–water partition coefficient (Wildman–Crippen LogP) is 3.14. The van der Waals surface area contributed by atoms with Crippen molar-refractivity contribution in [2.24, 2.45) is 0 Å². The first-order valence-electron chi connectivity index (χ1n) is 8.78. The zero-order chi connectivity index (χ0) is 19.7. The minimum Gasteiger partial charge on any atom is -0.394 e. The molecule has 9 nitrogen and oxygen atoms in total. The number of aliphatic hydroxyl groups excluding tert-OH is 1. The Balaban J connectivity index is 1.63. The number of nitro groups is 1. The zero-order valence-electron chi connectivity index (χ0n) is 15.0. The van der Waals surface area contributed by atoms with Crippen LogP contribution >= 0.6 is 11.3 Å². The minimum atomic E-state index is -0.440. The van der Waals surface area contributed by atoms with Crippen LogP contribution in [0, 0.1) is 10.1 Å². The zero-order valence-corrected chi connectivity index (χ0v) is 15.9. The van der Waals surface area contributed by atoms with Crippen LogP contribution in [0.2, 0.25) is 0 Å². The minimum absolute atomic E-state index is 0.00132. The lowest BCUT2D eigenvalue weighted by atomic mass is 10.00. The Morgan fingerprint density at radius 3 is 3.00 bits per heavy atom. The summed E-state index contributed by atoms with van der Waals surface area (Å²) in [6.07, 6.45) is 3.40. The molecule has 0 amide bonds. The van der Waals surface area contributed by atoms with E-state index in [4.69, 9.17) is 0 Å². The summed E-state index contributed by atoms with van der Waals surface area (Å²) in [6.45, 7) is 1.91. The van der Waals surface area contributed by atoms with Gasteiger partial charge >= 0.3 is 0 Å². The van der Waals surface area contributed by atoms with E-state index in [1.165, 1.54) is 23.5 Å². The summed E-state index contributed by atoms with van der Waals surface area (Å²) in [5.74, 6) is 0.374. The van der Waals surface area contributed by atoms with E-state index in [0.29, 0.717) is 11.6 Å². The quantitative estimate of drug-likeness (QED) is 0.427. The summed E-state index contributed by atoms with van der Waals surface area (Å²) in [7, 11) is 0. The second kappa shape index (κ2) is 7.49. The first-order valence-corrected chi connectivity index (χ1v) is 9.60. The van der Waals surface area contributed by atoms with E-state index < -0.39 is 4.92 Å². The van der Waals surface area contributed by atoms with Gasteiger partial charge in [-0.15, -0.1) is 0 Å². The number of aromatic nitrogens is 3. The Morgan fingerprint density at radius 1 is 1.36 bits per heavy atom. The molecule has 2 heterocycles. The highest BCUT2D eigenvalue weighted by Crippen LogP contribution is 2.39. The molecule has 0 fully saturated rings. The first-order chi connectivity index (χ1) is 13.5. The molecule has 0 saturated carbocycles. The predicted molar refractivity (Wildman–Crippen MR) is 107 cm³/mol. The summed E-state index contributed by atoms with van der Waals surface area (Å²) in [4.78, 5) is 25.1. The van der Waals surface area contributed by atoms with Crippen LogP contribution in [0.3, 0.4) is 0 Å². The van der Waals surface area contributed by atoms with Crippen LogP contribution in [0.15, 0.2) is 30.5 Å². The molecule has 1 aromatic carbocycles. The van der Waals surface area contributed by atoms with E-state index in [1.807, 2.05) is 6.92 Å². The van der Waals surface area contributed by atoms with Crippen molar-refractivity contribution in [2.45, 2.75) is 25.8 Å². The third kappa shape index (κ3) is 3.64. The number of rotatable bonds is 6. The van der Waals surface area contributed by atoms with Crippen molar-refractivity contribution in [3.63, 3.8) is 0 Å². The summed E-state index contributed by atoms with van der Waals surface area (Å²) >= 11 is 1.50. The Bertz CT molecular complexity index is 1040. The van der Waals surface area contributed by atoms with Crippen LogP contribution < -0.4 is 10.6 Å². The van der Waals surface area contributed by atoms with Gasteiger partial charge in [-0.25, -0.2) is 15.0 Å². The molecule has 0 saturated heterocycles. The standard InChI is InChI=1S/C18H18N6O3S/c1-10(9-25)20-18-22-14-6-5-11-8-19-17(23-15(11)16(14)28-18)21-12-3-2-4-13(7-12)24(26)27/h2-4,7-8,10,25H,5-6,9H2,1H3,(H,20,22)(H,19,21,23). The third-order valence-electron chi connectivity index (χ3n) is 4.36. The summed E-state index contributed by atoms with van der Waals surface area (Å²) < 4.78 is 0. The number of nitrogens with zero attached hydrogens (tertiary/aromatic N) is 4. The topological polar surface area (TPSA) is 126 Å². The van der Waals surface area contributed by atoms with Crippen LogP contribution in [0.25, 0.3) is 10.6 Å². The van der Waals surface area contributed by atoms with E-state index in [0.717, 1.165) is 39.8 Å². The molecule has 0 spiro atoms. The number of nitro benzene ring substituents is 1. The van der Waals surface area contributed by atoms with E-state index in [9.17, 15) is 15.2 Å². The number of fused-ring (bicyclic) bond motifs is 3. The lowest BCUT2D eigenvalue weighted by molar-refractivity contribution is -0.384. The van der Waals surface area contributed by atoms with Gasteiger partial charge in [0.2, 0.25) is 5.95 Å². The molecule has 0 bridgehead atoms. The maximum Gasteiger partial charge on any atom is 0.271 e. The Morgan fingerprint density at radius 2 is 2.21 bits per heavy atom. The second-order valence-electron chi connectivity index (χ2n) is 6.52. The molecule has 144 valence electrons. The van der Waals surface area contributed by atoms with Gasteiger partial charge in [-0.1, -0.05) is 17.4 Å². The van der Waals surface area contributed by atoms with Gasteiger partial charge in [0.1, 0.15) is 0 Å². The molecule has 1 unspecified atom stereocenters. The third-order valence-corrected chi connectivity index (χ3v) is 5.40. The molecule has 1 aliphatic rings. The number of aryl methyl sites for hydroxylation is 2. The summed E-state index contributed by atoms with van der Waals surface area (Å²) in [6, 6.07) is 6.14. The van der Waals surface area contributed by atoms with Gasteiger partial charge in [-0.3, -0.25) is 10.1 Å². The van der Waals surface area contributed by atoms with Gasteiger partial charge in [0.05, 0.1) is 27.8 Å². The molecule has 1 atom stereocenters. The van der Waals surface area contributed by atoms with Crippen molar-refractivity contribution in [2.75, 3.05) is 17.2 Å². The highest BCUT2D eigenvalue weighted by atomic mass is 32.1. The number of non-ortho nitro benzene ring substituents is 1. The highest BCUT2D eigenvalue weighted by molar-refractivity contribution is 7.19. The highest BCUT2D eigenvalue weighted by Gasteiger charge is 2.23. The van der Waals surface area contributed by atoms with Crippen LogP contribution in [0.1, 0.15) is 18.2 Å². The maximum atomic E-state index is 11.0. The molecule has 28 heavy (non-hydrogen) atoms. The monoisotopic (exact) mass is 398 g/mol. The van der Waals surface area contributed by atoms with Gasteiger partial charge in [-0.2, -0.15) is 0 Å². The normalized spacial score (nSPS) is 13.4. The van der Waals surface area contributed by atoms with Crippen molar-refractivity contribution in [1.29, 1.82) is 0 Å². The molecule has 4 rings (SSSR count). The van der Waals surface area contributed by atoms with Gasteiger partial charge in [-0.05, 0) is 31.4 Å². The van der Waals surface area contributed by atoms with Crippen LogP contribution in [0.4, 0.5) is 22.5 Å². The molecule has 3 N–H and O–H groups in total. The first kappa shape index (κ1) is 18.3. The van der Waals surface area contributed by atoms with Crippen LogP contribution in [-0.2, 0) is 12.8 Å². The number of hydrogen-bond acceptors (Lipinski definition) is 9. The van der Waals surface area contributed by atoms with Crippen molar-refractivity contribution >= 4 is 33.8 Å². The largest absolute Gasteiger partial charge is 0.394 e. The number of nitrogens with one attached hydrogen (secondary N) is 2. The van der Waals surface area contributed by atoms with Crippen molar-refractivity contribution in [3.8, 4) is 10.6 Å². The lowest BCUT2D eigenvalue weighted by Crippen LogP contribution is -2.19. The van der Waals surface area contributed by atoms with Gasteiger partial charge in [0, 0.05) is 30.1 Å². The van der Waals surface area contributed by atoms with Gasteiger partial charge < -0.3 is 15.7 Å². The summed E-state index contributed by atoms with van der Waals surface area (Å²) in [5.41, 5.74) is 3.40. The van der Waals surface area contributed by atoms with E-state index in [1.54, 1.807) is 18.3 Å². The fourth-order valence-electron chi connectivity index (χ4n) is 2.95. The fraction of sp³-hybridized carbons (Fsp3) is 0.278. The van der Waals surface area contributed by atoms with E-state index in [-0.39, 0.29) is 18.3 Å². The number of aliphatic hydroxyl groups is 1. The fourth-order valence-corrected chi connectivity index (χ4v) is 4.10. The molecule has 0 radical (unpaired) electrons. The average Bonchev–Trinajstić information content (AvgIpc) is 3.11. The Kier molecular flexibility index (Phi) is 4.88. The second-order valence-corrected chi connectivity index (χ2v) is 7.52. The van der Waals surface area contributed by atoms with Crippen molar-refractivity contribution < 1.29 is 10.0 Å².